The van der Waals surface area contributed by atoms with E-state index in [2.05, 4.69) is 0 Å². The molecule has 64 valence electrons. The maximum atomic E-state index is 10.9. The molecule has 4 heteroatoms. The van der Waals surface area contributed by atoms with Crippen molar-refractivity contribution in [3.63, 3.8) is 0 Å². The summed E-state index contributed by atoms with van der Waals surface area (Å²) in [4.78, 5) is 0. The van der Waals surface area contributed by atoms with Gasteiger partial charge in [-0.1, -0.05) is 12.8 Å². The normalized spacial score (nSPS) is 28.5. The maximum Gasteiger partial charge on any atom is 0.0758 e. The van der Waals surface area contributed by atoms with Crippen LogP contribution in [0.4, 0.5) is 0 Å². The second kappa shape index (κ2) is 1.98. The molecule has 2 rings (SSSR count). The second-order valence-electron chi connectivity index (χ2n) is 3.83. The van der Waals surface area contributed by atoms with E-state index in [9.17, 15) is 8.42 Å². The molecular formula is C7H12NO2S-. The predicted octanol–water partition coefficient (Wildman–Crippen LogP) is 1.70. The molecule has 0 bridgehead atoms. The minimum Gasteiger partial charge on any atom is -0.564 e. The van der Waals surface area contributed by atoms with Crippen LogP contribution in [0, 0.1) is 5.92 Å². The molecule has 0 atom stereocenters. The number of hydrogen-bond acceptors (Lipinski definition) is 2. The van der Waals surface area contributed by atoms with Gasteiger partial charge in [-0.3, -0.25) is 0 Å². The molecule has 11 heavy (non-hydrogen) atoms. The molecule has 0 radical (unpaired) electrons. The van der Waals surface area contributed by atoms with Gasteiger partial charge in [-0.15, -0.1) is 0 Å². The Morgan fingerprint density at radius 1 is 1.36 bits per heavy atom. The SMILES string of the molecule is [NH-]S(=O)(=O)C1(CC2CC2)CC1. The van der Waals surface area contributed by atoms with E-state index < -0.39 is 14.8 Å². The van der Waals surface area contributed by atoms with Crippen molar-refractivity contribution in [2.45, 2.75) is 36.9 Å². The highest BCUT2D eigenvalue weighted by Gasteiger charge is 2.51. The second-order valence-corrected chi connectivity index (χ2v) is 5.71. The van der Waals surface area contributed by atoms with Crippen LogP contribution >= 0.6 is 0 Å². The topological polar surface area (TPSA) is 57.9 Å². The molecule has 0 amide bonds. The average Bonchev–Trinajstić information content (AvgIpc) is 2.60. The summed E-state index contributed by atoms with van der Waals surface area (Å²) in [6.45, 7) is 0. The Balaban J connectivity index is 2.09. The van der Waals surface area contributed by atoms with E-state index in [1.165, 1.54) is 12.8 Å². The minimum absolute atomic E-state index is 0.589. The van der Waals surface area contributed by atoms with Crippen LogP contribution < -0.4 is 0 Å². The maximum absolute atomic E-state index is 10.9. The highest BCUT2D eigenvalue weighted by atomic mass is 32.2. The van der Waals surface area contributed by atoms with Gasteiger partial charge in [-0.25, -0.2) is 8.42 Å². The fraction of sp³-hybridized carbons (Fsp3) is 1.00. The third kappa shape index (κ3) is 1.29. The fourth-order valence-corrected chi connectivity index (χ4v) is 2.66. The summed E-state index contributed by atoms with van der Waals surface area (Å²) in [7, 11) is -3.50. The van der Waals surface area contributed by atoms with E-state index in [4.69, 9.17) is 5.14 Å². The van der Waals surface area contributed by atoms with Crippen molar-refractivity contribution >= 4 is 10.0 Å². The molecule has 0 aliphatic heterocycles. The largest absolute Gasteiger partial charge is 0.564 e. The van der Waals surface area contributed by atoms with Crippen LogP contribution in [0.15, 0.2) is 0 Å². The third-order valence-electron chi connectivity index (χ3n) is 2.74. The molecule has 3 nitrogen and oxygen atoms in total. The first-order chi connectivity index (χ1) is 5.04. The quantitative estimate of drug-likeness (QED) is 0.653. The third-order valence-corrected chi connectivity index (χ3v) is 4.45. The zero-order valence-electron chi connectivity index (χ0n) is 6.34. The summed E-state index contributed by atoms with van der Waals surface area (Å²) in [5, 5.41) is 6.99. The summed E-state index contributed by atoms with van der Waals surface area (Å²) >= 11 is 0. The Bertz CT molecular complexity index is 262. The first-order valence-electron chi connectivity index (χ1n) is 4.03. The summed E-state index contributed by atoms with van der Waals surface area (Å²) in [6.07, 6.45) is 4.58. The van der Waals surface area contributed by atoms with Crippen LogP contribution in [0.25, 0.3) is 5.14 Å². The molecule has 0 saturated heterocycles. The van der Waals surface area contributed by atoms with Crippen LogP contribution in [0.5, 0.6) is 0 Å². The molecule has 0 aromatic rings. The number of sulfonamides is 1. The number of hydrogen-bond donors (Lipinski definition) is 0. The highest BCUT2D eigenvalue weighted by Crippen LogP contribution is 2.53. The van der Waals surface area contributed by atoms with Crippen molar-refractivity contribution in [3.05, 3.63) is 5.14 Å². The predicted molar refractivity (Wildman–Crippen MR) is 42.5 cm³/mol. The van der Waals surface area contributed by atoms with E-state index in [0.29, 0.717) is 5.92 Å². The Morgan fingerprint density at radius 2 is 1.91 bits per heavy atom. The van der Waals surface area contributed by atoms with Gasteiger partial charge in [0.2, 0.25) is 0 Å². The average molecular weight is 174 g/mol. The van der Waals surface area contributed by atoms with E-state index >= 15 is 0 Å². The van der Waals surface area contributed by atoms with Gasteiger partial charge in [-0.2, -0.15) is 0 Å². The Hall–Kier alpha value is -0.0900. The van der Waals surface area contributed by atoms with Crippen LogP contribution in [0.1, 0.15) is 32.1 Å². The molecule has 2 aliphatic carbocycles. The van der Waals surface area contributed by atoms with Gasteiger partial charge in [0.25, 0.3) is 0 Å². The number of rotatable bonds is 3. The lowest BCUT2D eigenvalue weighted by atomic mass is 10.2. The van der Waals surface area contributed by atoms with Crippen molar-refractivity contribution < 1.29 is 8.42 Å². The molecular weight excluding hydrogens is 162 g/mol. The van der Waals surface area contributed by atoms with E-state index in [-0.39, 0.29) is 0 Å². The van der Waals surface area contributed by atoms with E-state index in [1.807, 2.05) is 0 Å². The zero-order chi connectivity index (χ0) is 8.11. The molecule has 1 N–H and O–H groups in total. The van der Waals surface area contributed by atoms with Crippen LogP contribution in [-0.4, -0.2) is 13.2 Å². The van der Waals surface area contributed by atoms with E-state index in [0.717, 1.165) is 19.3 Å². The smallest absolute Gasteiger partial charge is 0.0758 e. The van der Waals surface area contributed by atoms with Crippen LogP contribution in [0.2, 0.25) is 0 Å². The first kappa shape index (κ1) is 7.55. The standard InChI is InChI=1S/C7H12NO2S/c8-11(9,10)7(3-4-7)5-6-1-2-6/h6H,1-5H2,(H-,8,9,10)/q-1. The van der Waals surface area contributed by atoms with Gasteiger partial charge in [-0.05, 0) is 25.2 Å². The fourth-order valence-electron chi connectivity index (χ4n) is 1.57. The van der Waals surface area contributed by atoms with Crippen molar-refractivity contribution in [2.24, 2.45) is 5.92 Å². The summed E-state index contributed by atoms with van der Waals surface area (Å²) in [5.74, 6) is 0.623. The van der Waals surface area contributed by atoms with Crippen LogP contribution in [-0.2, 0) is 10.0 Å². The lowest BCUT2D eigenvalue weighted by Gasteiger charge is -2.17. The Morgan fingerprint density at radius 3 is 2.18 bits per heavy atom. The van der Waals surface area contributed by atoms with Gasteiger partial charge in [0.15, 0.2) is 0 Å². The van der Waals surface area contributed by atoms with Gasteiger partial charge in [0.1, 0.15) is 0 Å². The van der Waals surface area contributed by atoms with E-state index in [1.54, 1.807) is 0 Å². The molecule has 0 unspecified atom stereocenters. The van der Waals surface area contributed by atoms with Gasteiger partial charge >= 0.3 is 0 Å². The lowest BCUT2D eigenvalue weighted by Crippen LogP contribution is -2.19. The minimum atomic E-state index is -3.50. The molecule has 0 heterocycles. The van der Waals surface area contributed by atoms with Crippen molar-refractivity contribution in [3.8, 4) is 0 Å². The zero-order valence-corrected chi connectivity index (χ0v) is 7.15. The van der Waals surface area contributed by atoms with Crippen molar-refractivity contribution in [1.82, 2.24) is 0 Å². The monoisotopic (exact) mass is 174 g/mol. The van der Waals surface area contributed by atoms with Crippen molar-refractivity contribution in [1.29, 1.82) is 0 Å². The molecule has 2 fully saturated rings. The number of nitrogens with one attached hydrogen (secondary N) is 1. The lowest BCUT2D eigenvalue weighted by molar-refractivity contribution is 0.566. The molecule has 0 spiro atoms. The van der Waals surface area contributed by atoms with Gasteiger partial charge < -0.3 is 5.14 Å². The van der Waals surface area contributed by atoms with Gasteiger partial charge in [0.05, 0.1) is 14.8 Å². The van der Waals surface area contributed by atoms with Crippen molar-refractivity contribution in [2.75, 3.05) is 0 Å². The first-order valence-corrected chi connectivity index (χ1v) is 5.51. The molecule has 2 saturated carbocycles. The van der Waals surface area contributed by atoms with Crippen LogP contribution in [0.3, 0.4) is 0 Å². The molecule has 0 aromatic heterocycles. The Kier molecular flexibility index (Phi) is 1.36. The summed E-state index contributed by atoms with van der Waals surface area (Å²) in [6, 6.07) is 0. The summed E-state index contributed by atoms with van der Waals surface area (Å²) < 4.78 is 21.3. The molecule has 2 aliphatic rings. The van der Waals surface area contributed by atoms with Gasteiger partial charge in [0, 0.05) is 0 Å². The molecule has 0 aromatic carbocycles. The highest BCUT2D eigenvalue weighted by molar-refractivity contribution is 7.94. The Labute approximate surface area is 67.0 Å². The summed E-state index contributed by atoms with van der Waals surface area (Å²) in [5.41, 5.74) is 0.